The number of hydrogen-bond acceptors (Lipinski definition) is 2. The standard InChI is InChI=1S/C20H20ClNO2/c21-16-11-12-18(22-20(24)15-9-5-2-6-10-15)17(13-16)19(23)14-7-3-1-4-8-14/h1,3-4,7-8,11-13,15H,2,5-6,9-10H2,(H,22,24). The average molecular weight is 342 g/mol. The molecule has 0 spiro atoms. The minimum Gasteiger partial charge on any atom is -0.325 e. The molecule has 2 aromatic rings. The molecule has 1 aliphatic rings. The molecule has 1 aliphatic carbocycles. The maximum atomic E-state index is 12.8. The first-order chi connectivity index (χ1) is 11.6. The quantitative estimate of drug-likeness (QED) is 0.787. The first-order valence-electron chi connectivity index (χ1n) is 8.35. The molecule has 0 radical (unpaired) electrons. The third-order valence-electron chi connectivity index (χ3n) is 4.50. The Balaban J connectivity index is 1.85. The zero-order valence-electron chi connectivity index (χ0n) is 13.4. The summed E-state index contributed by atoms with van der Waals surface area (Å²) in [6.07, 6.45) is 5.22. The lowest BCUT2D eigenvalue weighted by Gasteiger charge is -2.21. The number of amides is 1. The van der Waals surface area contributed by atoms with Gasteiger partial charge >= 0.3 is 0 Å². The summed E-state index contributed by atoms with van der Waals surface area (Å²) in [4.78, 5) is 25.3. The van der Waals surface area contributed by atoms with Gasteiger partial charge in [-0.05, 0) is 31.0 Å². The summed E-state index contributed by atoms with van der Waals surface area (Å²) in [7, 11) is 0. The van der Waals surface area contributed by atoms with Crippen LogP contribution < -0.4 is 5.32 Å². The van der Waals surface area contributed by atoms with Gasteiger partial charge in [0.25, 0.3) is 0 Å². The van der Waals surface area contributed by atoms with Crippen LogP contribution in [0.5, 0.6) is 0 Å². The predicted octanol–water partition coefficient (Wildman–Crippen LogP) is 5.09. The summed E-state index contributed by atoms with van der Waals surface area (Å²) in [5, 5.41) is 3.42. The van der Waals surface area contributed by atoms with Crippen molar-refractivity contribution in [2.45, 2.75) is 32.1 Å². The Bertz CT molecular complexity index is 737. The van der Waals surface area contributed by atoms with Crippen LogP contribution >= 0.6 is 11.6 Å². The van der Waals surface area contributed by atoms with E-state index in [1.54, 1.807) is 30.3 Å². The van der Waals surface area contributed by atoms with E-state index in [-0.39, 0.29) is 17.6 Å². The van der Waals surface area contributed by atoms with Crippen LogP contribution in [0.3, 0.4) is 0 Å². The van der Waals surface area contributed by atoms with Gasteiger partial charge in [-0.2, -0.15) is 0 Å². The maximum absolute atomic E-state index is 12.8. The van der Waals surface area contributed by atoms with E-state index in [1.165, 1.54) is 6.42 Å². The number of rotatable bonds is 4. The largest absolute Gasteiger partial charge is 0.325 e. The van der Waals surface area contributed by atoms with Crippen LogP contribution in [-0.2, 0) is 4.79 Å². The van der Waals surface area contributed by atoms with Gasteiger partial charge in [-0.15, -0.1) is 0 Å². The SMILES string of the molecule is O=C(c1ccccc1)c1cc(Cl)ccc1NC(=O)C1CCCCC1. The molecule has 2 aromatic carbocycles. The molecule has 124 valence electrons. The third kappa shape index (κ3) is 3.85. The Morgan fingerprint density at radius 2 is 1.67 bits per heavy atom. The fraction of sp³-hybridized carbons (Fsp3) is 0.300. The molecule has 0 aromatic heterocycles. The van der Waals surface area contributed by atoms with Gasteiger partial charge in [0.1, 0.15) is 0 Å². The highest BCUT2D eigenvalue weighted by Crippen LogP contribution is 2.28. The smallest absolute Gasteiger partial charge is 0.227 e. The number of hydrogen-bond donors (Lipinski definition) is 1. The maximum Gasteiger partial charge on any atom is 0.227 e. The fourth-order valence-corrected chi connectivity index (χ4v) is 3.33. The number of ketones is 1. The number of carbonyl (C=O) groups is 2. The average Bonchev–Trinajstić information content (AvgIpc) is 2.64. The van der Waals surface area contributed by atoms with Gasteiger partial charge < -0.3 is 5.32 Å². The highest BCUT2D eigenvalue weighted by molar-refractivity contribution is 6.31. The van der Waals surface area contributed by atoms with Crippen LogP contribution in [0.4, 0.5) is 5.69 Å². The lowest BCUT2D eigenvalue weighted by molar-refractivity contribution is -0.120. The van der Waals surface area contributed by atoms with Gasteiger partial charge in [-0.25, -0.2) is 0 Å². The Morgan fingerprint density at radius 1 is 0.958 bits per heavy atom. The monoisotopic (exact) mass is 341 g/mol. The molecular formula is C20H20ClNO2. The highest BCUT2D eigenvalue weighted by atomic mass is 35.5. The zero-order chi connectivity index (χ0) is 16.9. The first-order valence-corrected chi connectivity index (χ1v) is 8.73. The lowest BCUT2D eigenvalue weighted by Crippen LogP contribution is -2.25. The second-order valence-corrected chi connectivity index (χ2v) is 6.65. The molecule has 3 nitrogen and oxygen atoms in total. The minimum absolute atomic E-state index is 0.000802. The Labute approximate surface area is 147 Å². The lowest BCUT2D eigenvalue weighted by atomic mass is 9.88. The van der Waals surface area contributed by atoms with Gasteiger partial charge in [0.2, 0.25) is 5.91 Å². The van der Waals surface area contributed by atoms with E-state index in [2.05, 4.69) is 5.32 Å². The van der Waals surface area contributed by atoms with Crippen molar-refractivity contribution < 1.29 is 9.59 Å². The Hall–Kier alpha value is -2.13. The van der Waals surface area contributed by atoms with Gasteiger partial charge in [0, 0.05) is 22.1 Å². The molecule has 1 amide bonds. The van der Waals surface area contributed by atoms with Crippen molar-refractivity contribution in [3.63, 3.8) is 0 Å². The van der Waals surface area contributed by atoms with Crippen molar-refractivity contribution >= 4 is 29.0 Å². The summed E-state index contributed by atoms with van der Waals surface area (Å²) < 4.78 is 0. The molecule has 0 bridgehead atoms. The topological polar surface area (TPSA) is 46.2 Å². The number of nitrogens with one attached hydrogen (secondary N) is 1. The Morgan fingerprint density at radius 3 is 2.38 bits per heavy atom. The molecule has 4 heteroatoms. The Kier molecular flexibility index (Phi) is 5.31. The van der Waals surface area contributed by atoms with Crippen LogP contribution in [-0.4, -0.2) is 11.7 Å². The normalized spacial score (nSPS) is 15.0. The van der Waals surface area contributed by atoms with E-state index in [0.29, 0.717) is 21.8 Å². The van der Waals surface area contributed by atoms with E-state index in [1.807, 2.05) is 18.2 Å². The minimum atomic E-state index is -0.142. The van der Waals surface area contributed by atoms with E-state index in [9.17, 15) is 9.59 Å². The van der Waals surface area contributed by atoms with Crippen molar-refractivity contribution in [2.75, 3.05) is 5.32 Å². The molecule has 0 saturated heterocycles. The predicted molar refractivity (Wildman–Crippen MR) is 96.5 cm³/mol. The summed E-state index contributed by atoms with van der Waals surface area (Å²) in [5.41, 5.74) is 1.54. The molecule has 1 saturated carbocycles. The van der Waals surface area contributed by atoms with Crippen LogP contribution in [0.1, 0.15) is 48.0 Å². The van der Waals surface area contributed by atoms with Crippen LogP contribution in [0.25, 0.3) is 0 Å². The van der Waals surface area contributed by atoms with E-state index in [4.69, 9.17) is 11.6 Å². The van der Waals surface area contributed by atoms with Crippen molar-refractivity contribution in [1.29, 1.82) is 0 Å². The van der Waals surface area contributed by atoms with Gasteiger partial charge in [-0.1, -0.05) is 61.2 Å². The number of halogens is 1. The van der Waals surface area contributed by atoms with E-state index in [0.717, 1.165) is 25.7 Å². The van der Waals surface area contributed by atoms with Crippen molar-refractivity contribution in [2.24, 2.45) is 5.92 Å². The molecule has 24 heavy (non-hydrogen) atoms. The number of carbonyl (C=O) groups excluding carboxylic acids is 2. The third-order valence-corrected chi connectivity index (χ3v) is 4.73. The highest BCUT2D eigenvalue weighted by Gasteiger charge is 2.23. The number of benzene rings is 2. The summed E-state index contributed by atoms with van der Waals surface area (Å²) in [6, 6.07) is 14.0. The number of anilines is 1. The van der Waals surface area contributed by atoms with Crippen LogP contribution in [0, 0.1) is 5.92 Å². The fourth-order valence-electron chi connectivity index (χ4n) is 3.16. The summed E-state index contributed by atoms with van der Waals surface area (Å²) in [6.45, 7) is 0. The second kappa shape index (κ2) is 7.63. The van der Waals surface area contributed by atoms with Crippen molar-refractivity contribution in [3.8, 4) is 0 Å². The molecule has 0 aliphatic heterocycles. The molecule has 1 N–H and O–H groups in total. The van der Waals surface area contributed by atoms with Gasteiger partial charge in [-0.3, -0.25) is 9.59 Å². The van der Waals surface area contributed by atoms with Crippen molar-refractivity contribution in [1.82, 2.24) is 0 Å². The molecule has 0 heterocycles. The second-order valence-electron chi connectivity index (χ2n) is 6.21. The van der Waals surface area contributed by atoms with Gasteiger partial charge in [0.15, 0.2) is 5.78 Å². The van der Waals surface area contributed by atoms with E-state index >= 15 is 0 Å². The van der Waals surface area contributed by atoms with E-state index < -0.39 is 0 Å². The molecule has 0 unspecified atom stereocenters. The molecule has 0 atom stereocenters. The molecule has 1 fully saturated rings. The molecular weight excluding hydrogens is 322 g/mol. The summed E-state index contributed by atoms with van der Waals surface area (Å²) in [5.74, 6) is -0.106. The first kappa shape index (κ1) is 16.7. The zero-order valence-corrected chi connectivity index (χ0v) is 14.2. The summed E-state index contributed by atoms with van der Waals surface area (Å²) >= 11 is 6.07. The van der Waals surface area contributed by atoms with Gasteiger partial charge in [0.05, 0.1) is 5.69 Å². The molecule has 3 rings (SSSR count). The van der Waals surface area contributed by atoms with Crippen LogP contribution in [0.2, 0.25) is 5.02 Å². The van der Waals surface area contributed by atoms with Crippen molar-refractivity contribution in [3.05, 3.63) is 64.7 Å². The van der Waals surface area contributed by atoms with Crippen LogP contribution in [0.15, 0.2) is 48.5 Å².